The molecule has 0 aromatic carbocycles. The molecule has 30 heavy (non-hydrogen) atoms. The second-order valence-electron chi connectivity index (χ2n) is 11.3. The highest BCUT2D eigenvalue weighted by molar-refractivity contribution is 5.35. The molecule has 5 aliphatic carbocycles. The van der Waals surface area contributed by atoms with E-state index < -0.39 is 29.3 Å². The Morgan fingerprint density at radius 1 is 1.13 bits per heavy atom. The number of ether oxygens (including phenoxy) is 2. The van der Waals surface area contributed by atoms with Crippen LogP contribution in [0, 0.1) is 40.4 Å². The number of nitrogens with zero attached hydrogens (tertiary/aromatic N) is 1. The molecular formula is C23H37NO6. The molecule has 170 valence electrons. The zero-order chi connectivity index (χ0) is 21.2. The summed E-state index contributed by atoms with van der Waals surface area (Å²) in [6, 6.07) is 0.000214. The number of hydrogen-bond acceptors (Lipinski definition) is 7. The maximum atomic E-state index is 12.3. The topological polar surface area (TPSA) is 103 Å². The van der Waals surface area contributed by atoms with E-state index in [1.165, 1.54) is 0 Å². The first kappa shape index (κ1) is 20.3. The molecule has 1 saturated heterocycles. The molecule has 1 heterocycles. The lowest BCUT2D eigenvalue weighted by atomic mass is 9.43. The molecule has 7 nitrogen and oxygen atoms in total. The SMILES string of the molecule is CCN1C[C@]2(COC)CC[C@H](O)[C@@]34[C@@H]5C[C@H]6[C@H](O)[C@@H]5[C@](O)(C[C@@H]6O)[C@@H]([C@H](OC)[C@H]23)[C@@H]14. The molecule has 1 spiro atoms. The van der Waals surface area contributed by atoms with Crippen LogP contribution in [0.2, 0.25) is 0 Å². The molecule has 5 saturated carbocycles. The molecule has 0 radical (unpaired) electrons. The van der Waals surface area contributed by atoms with E-state index in [0.29, 0.717) is 19.4 Å². The Balaban J connectivity index is 1.64. The van der Waals surface area contributed by atoms with Crippen LogP contribution in [0.1, 0.15) is 32.6 Å². The van der Waals surface area contributed by atoms with E-state index in [2.05, 4.69) is 11.8 Å². The first-order chi connectivity index (χ1) is 14.3. The molecule has 0 aromatic rings. The van der Waals surface area contributed by atoms with E-state index in [-0.39, 0.29) is 47.2 Å². The molecule has 0 unspecified atom stereocenters. The summed E-state index contributed by atoms with van der Waals surface area (Å²) in [6.45, 7) is 4.50. The van der Waals surface area contributed by atoms with Gasteiger partial charge in [-0.1, -0.05) is 6.92 Å². The van der Waals surface area contributed by atoms with E-state index in [1.807, 2.05) is 0 Å². The van der Waals surface area contributed by atoms with E-state index in [9.17, 15) is 20.4 Å². The van der Waals surface area contributed by atoms with Gasteiger partial charge in [0.2, 0.25) is 0 Å². The van der Waals surface area contributed by atoms with Crippen LogP contribution >= 0.6 is 0 Å². The molecule has 0 aromatic heterocycles. The summed E-state index contributed by atoms with van der Waals surface area (Å²) < 4.78 is 12.0. The largest absolute Gasteiger partial charge is 0.393 e. The normalized spacial score (nSPS) is 63.3. The predicted octanol–water partition coefficient (Wildman–Crippen LogP) is -0.152. The molecule has 6 aliphatic rings. The molecule has 4 N–H and O–H groups in total. The summed E-state index contributed by atoms with van der Waals surface area (Å²) in [6.07, 6.45) is 0.431. The van der Waals surface area contributed by atoms with Crippen molar-refractivity contribution in [2.24, 2.45) is 40.4 Å². The van der Waals surface area contributed by atoms with Crippen molar-refractivity contribution >= 4 is 0 Å². The second kappa shape index (κ2) is 6.19. The maximum Gasteiger partial charge on any atom is 0.0796 e. The fourth-order valence-electron chi connectivity index (χ4n) is 10.5. The molecule has 6 rings (SSSR count). The van der Waals surface area contributed by atoms with Gasteiger partial charge in [-0.05, 0) is 31.7 Å². The number of aliphatic hydroxyl groups excluding tert-OH is 3. The summed E-state index contributed by atoms with van der Waals surface area (Å²) in [5.41, 5.74) is -1.75. The monoisotopic (exact) mass is 423 g/mol. The van der Waals surface area contributed by atoms with Gasteiger partial charge in [-0.2, -0.15) is 0 Å². The van der Waals surface area contributed by atoms with Gasteiger partial charge in [-0.3, -0.25) is 4.90 Å². The van der Waals surface area contributed by atoms with Crippen molar-refractivity contribution in [3.63, 3.8) is 0 Å². The Morgan fingerprint density at radius 3 is 2.57 bits per heavy atom. The standard InChI is InChI=1S/C23H37NO6/c1-4-24-9-21(10-29-2)6-5-14(26)23-12-7-11-13(25)8-22(28,15(12)17(11)27)16(20(23)24)18(30-3)19(21)23/h11-20,25-28H,4-10H2,1-3H3/t11-,12-,13+,14+,15-,16+,17+,18+,19-,20-,21+,22-,23+/m1/s1. The zero-order valence-corrected chi connectivity index (χ0v) is 18.3. The van der Waals surface area contributed by atoms with Crippen molar-refractivity contribution in [3.05, 3.63) is 0 Å². The van der Waals surface area contributed by atoms with Gasteiger partial charge in [0, 0.05) is 67.7 Å². The Hall–Kier alpha value is -0.280. The maximum absolute atomic E-state index is 12.3. The average molecular weight is 424 g/mol. The third kappa shape index (κ3) is 1.91. The van der Waals surface area contributed by atoms with Crippen molar-refractivity contribution in [2.75, 3.05) is 33.9 Å². The summed E-state index contributed by atoms with van der Waals surface area (Å²) in [4.78, 5) is 2.47. The number of rotatable bonds is 4. The van der Waals surface area contributed by atoms with E-state index >= 15 is 0 Å². The number of likely N-dealkylation sites (tertiary alicyclic amines) is 1. The van der Waals surface area contributed by atoms with Crippen LogP contribution in [0.5, 0.6) is 0 Å². The van der Waals surface area contributed by atoms with E-state index in [0.717, 1.165) is 25.9 Å². The highest BCUT2D eigenvalue weighted by Gasteiger charge is 2.86. The average Bonchev–Trinajstić information content (AvgIpc) is 3.13. The number of aliphatic hydroxyl groups is 4. The van der Waals surface area contributed by atoms with Gasteiger partial charge in [0.25, 0.3) is 0 Å². The summed E-state index contributed by atoms with van der Waals surface area (Å²) in [7, 11) is 3.49. The summed E-state index contributed by atoms with van der Waals surface area (Å²) in [5.74, 6) is -0.689. The van der Waals surface area contributed by atoms with Gasteiger partial charge in [0.1, 0.15) is 0 Å². The van der Waals surface area contributed by atoms with Gasteiger partial charge in [-0.25, -0.2) is 0 Å². The van der Waals surface area contributed by atoms with Gasteiger partial charge in [-0.15, -0.1) is 0 Å². The number of fused-ring (bicyclic) bond motifs is 2. The Morgan fingerprint density at radius 2 is 1.90 bits per heavy atom. The second-order valence-corrected chi connectivity index (χ2v) is 11.3. The van der Waals surface area contributed by atoms with Crippen LogP contribution in [0.25, 0.3) is 0 Å². The van der Waals surface area contributed by atoms with Crippen molar-refractivity contribution in [2.45, 2.75) is 68.7 Å². The molecular weight excluding hydrogens is 386 g/mol. The molecule has 13 atom stereocenters. The summed E-state index contributed by atoms with van der Waals surface area (Å²) in [5, 5.41) is 46.1. The van der Waals surface area contributed by atoms with Crippen LogP contribution < -0.4 is 0 Å². The Bertz CT molecular complexity index is 736. The lowest BCUT2D eigenvalue weighted by Gasteiger charge is -2.68. The smallest absolute Gasteiger partial charge is 0.0796 e. The van der Waals surface area contributed by atoms with Crippen molar-refractivity contribution < 1.29 is 29.9 Å². The third-order valence-electron chi connectivity index (χ3n) is 10.8. The van der Waals surface area contributed by atoms with E-state index in [4.69, 9.17) is 9.47 Å². The molecule has 1 aliphatic heterocycles. The van der Waals surface area contributed by atoms with Crippen LogP contribution in [0.15, 0.2) is 0 Å². The van der Waals surface area contributed by atoms with Gasteiger partial charge in [0.05, 0.1) is 36.6 Å². The minimum absolute atomic E-state index is 0.000214. The first-order valence-electron chi connectivity index (χ1n) is 11.8. The van der Waals surface area contributed by atoms with Crippen LogP contribution in [-0.4, -0.2) is 95.3 Å². The van der Waals surface area contributed by atoms with Gasteiger partial charge < -0.3 is 29.9 Å². The minimum Gasteiger partial charge on any atom is -0.393 e. The van der Waals surface area contributed by atoms with Crippen LogP contribution in [0.4, 0.5) is 0 Å². The van der Waals surface area contributed by atoms with E-state index in [1.54, 1.807) is 14.2 Å². The Labute approximate surface area is 178 Å². The lowest BCUT2D eigenvalue weighted by molar-refractivity contribution is -0.272. The molecule has 6 fully saturated rings. The molecule has 7 bridgehead atoms. The highest BCUT2D eigenvalue weighted by Crippen LogP contribution is 2.78. The predicted molar refractivity (Wildman–Crippen MR) is 107 cm³/mol. The quantitative estimate of drug-likeness (QED) is 0.499. The number of hydrogen-bond donors (Lipinski definition) is 4. The van der Waals surface area contributed by atoms with Crippen molar-refractivity contribution in [1.82, 2.24) is 4.90 Å². The highest BCUT2D eigenvalue weighted by atomic mass is 16.5. The Kier molecular flexibility index (Phi) is 4.19. The first-order valence-corrected chi connectivity index (χ1v) is 11.8. The van der Waals surface area contributed by atoms with Crippen LogP contribution in [-0.2, 0) is 9.47 Å². The number of piperidine rings is 1. The zero-order valence-electron chi connectivity index (χ0n) is 18.3. The number of methoxy groups -OCH3 is 2. The van der Waals surface area contributed by atoms with Crippen molar-refractivity contribution in [1.29, 1.82) is 0 Å². The summed E-state index contributed by atoms with van der Waals surface area (Å²) >= 11 is 0. The lowest BCUT2D eigenvalue weighted by Crippen LogP contribution is -2.76. The molecule has 7 heteroatoms. The fourth-order valence-corrected chi connectivity index (χ4v) is 10.5. The van der Waals surface area contributed by atoms with Gasteiger partial charge >= 0.3 is 0 Å². The fraction of sp³-hybridized carbons (Fsp3) is 1.00. The van der Waals surface area contributed by atoms with Gasteiger partial charge in [0.15, 0.2) is 0 Å². The van der Waals surface area contributed by atoms with Crippen molar-refractivity contribution in [3.8, 4) is 0 Å². The van der Waals surface area contributed by atoms with Crippen LogP contribution in [0.3, 0.4) is 0 Å². The minimum atomic E-state index is -1.18. The molecule has 0 amide bonds. The third-order valence-corrected chi connectivity index (χ3v) is 10.8.